The van der Waals surface area contributed by atoms with Crippen LogP contribution in [-0.2, 0) is 0 Å². The van der Waals surface area contributed by atoms with E-state index < -0.39 is 0 Å². The Morgan fingerprint density at radius 3 is 2.89 bits per heavy atom. The van der Waals surface area contributed by atoms with Gasteiger partial charge in [0.05, 0.1) is 0 Å². The molecule has 3 aliphatic rings. The Labute approximate surface area is 107 Å². The first-order valence-corrected chi connectivity index (χ1v) is 6.38. The van der Waals surface area contributed by atoms with Gasteiger partial charge in [-0.15, -0.1) is 0 Å². The lowest BCUT2D eigenvalue weighted by atomic mass is 9.61. The first kappa shape index (κ1) is 9.95. The number of nitrogen functional groups attached to an aromatic ring is 1. The highest BCUT2D eigenvalue weighted by Gasteiger charge is 2.40. The summed E-state index contributed by atoms with van der Waals surface area (Å²) in [5, 5.41) is 0. The molecule has 0 aliphatic heterocycles. The molecule has 0 saturated heterocycles. The number of benzene rings is 1. The number of hydrogen-bond acceptors (Lipinski definition) is 1. The number of allylic oxidation sites excluding steroid dienone is 6. The van der Waals surface area contributed by atoms with Crippen molar-refractivity contribution in [3.8, 4) is 0 Å². The van der Waals surface area contributed by atoms with Crippen LogP contribution in [0, 0.1) is 5.41 Å². The number of rotatable bonds is 0. The van der Waals surface area contributed by atoms with Crippen molar-refractivity contribution < 1.29 is 0 Å². The lowest BCUT2D eigenvalue weighted by Gasteiger charge is -2.42. The summed E-state index contributed by atoms with van der Waals surface area (Å²) in [5.74, 6) is 0.422. The number of anilines is 1. The van der Waals surface area contributed by atoms with Gasteiger partial charge >= 0.3 is 0 Å². The van der Waals surface area contributed by atoms with Gasteiger partial charge in [-0.05, 0) is 22.8 Å². The fraction of sp³-hybridized carbons (Fsp3) is 0.176. The second-order valence-electron chi connectivity index (χ2n) is 5.56. The van der Waals surface area contributed by atoms with E-state index in [9.17, 15) is 0 Å². The monoisotopic (exact) mass is 233 g/mol. The van der Waals surface area contributed by atoms with E-state index in [0.29, 0.717) is 5.92 Å². The van der Waals surface area contributed by atoms with Crippen molar-refractivity contribution >= 4 is 17.8 Å². The van der Waals surface area contributed by atoms with Gasteiger partial charge < -0.3 is 5.73 Å². The molecule has 1 nitrogen and oxygen atoms in total. The SMILES string of the molecule is CC12C=CC=C3C=Cc4c(N)ccc(c4C31)C=C2. The summed E-state index contributed by atoms with van der Waals surface area (Å²) in [6.45, 7) is 2.30. The molecule has 0 fully saturated rings. The van der Waals surface area contributed by atoms with Gasteiger partial charge in [0.15, 0.2) is 0 Å². The molecule has 2 unspecified atom stereocenters. The first-order valence-electron chi connectivity index (χ1n) is 6.38. The van der Waals surface area contributed by atoms with Gasteiger partial charge in [-0.25, -0.2) is 0 Å². The summed E-state index contributed by atoms with van der Waals surface area (Å²) in [7, 11) is 0. The van der Waals surface area contributed by atoms with Gasteiger partial charge in [0.25, 0.3) is 0 Å². The third-order valence-electron chi connectivity index (χ3n) is 4.41. The highest BCUT2D eigenvalue weighted by molar-refractivity contribution is 5.81. The highest BCUT2D eigenvalue weighted by atomic mass is 14.6. The van der Waals surface area contributed by atoms with Crippen molar-refractivity contribution in [2.24, 2.45) is 5.41 Å². The zero-order chi connectivity index (χ0) is 12.3. The normalized spacial score (nSPS) is 30.1. The van der Waals surface area contributed by atoms with Crippen LogP contribution in [0.5, 0.6) is 0 Å². The van der Waals surface area contributed by atoms with E-state index in [2.05, 4.69) is 55.5 Å². The molecule has 0 aromatic heterocycles. The summed E-state index contributed by atoms with van der Waals surface area (Å²) in [6, 6.07) is 4.15. The maximum absolute atomic E-state index is 6.13. The van der Waals surface area contributed by atoms with Crippen LogP contribution >= 0.6 is 0 Å². The zero-order valence-electron chi connectivity index (χ0n) is 10.4. The molecule has 0 bridgehead atoms. The molecule has 1 aromatic carbocycles. The minimum Gasteiger partial charge on any atom is -0.398 e. The van der Waals surface area contributed by atoms with Crippen LogP contribution in [0.3, 0.4) is 0 Å². The van der Waals surface area contributed by atoms with E-state index in [1.807, 2.05) is 6.07 Å². The van der Waals surface area contributed by atoms with Crippen LogP contribution in [0.25, 0.3) is 12.2 Å². The van der Waals surface area contributed by atoms with Crippen LogP contribution in [0.15, 0.2) is 48.1 Å². The topological polar surface area (TPSA) is 26.0 Å². The lowest BCUT2D eigenvalue weighted by Crippen LogP contribution is -2.29. The van der Waals surface area contributed by atoms with Crippen LogP contribution in [-0.4, -0.2) is 0 Å². The fourth-order valence-electron chi connectivity index (χ4n) is 3.47. The van der Waals surface area contributed by atoms with Gasteiger partial charge in [-0.1, -0.05) is 55.5 Å². The maximum atomic E-state index is 6.13. The quantitative estimate of drug-likeness (QED) is 0.675. The Morgan fingerprint density at radius 1 is 1.11 bits per heavy atom. The standard InChI is InChI=1S/C17H15N/c1-17-9-2-3-12-4-6-13-14(18)7-5-11(8-10-17)15(13)16(12)17/h2-10,16H,18H2,1H3. The third-order valence-corrected chi connectivity index (χ3v) is 4.41. The van der Waals surface area contributed by atoms with Gasteiger partial charge in [0, 0.05) is 22.6 Å². The molecule has 0 spiro atoms. The maximum Gasteiger partial charge on any atom is 0.0391 e. The minimum absolute atomic E-state index is 0.0877. The smallest absolute Gasteiger partial charge is 0.0391 e. The largest absolute Gasteiger partial charge is 0.398 e. The molecule has 4 rings (SSSR count). The summed E-state index contributed by atoms with van der Waals surface area (Å²) < 4.78 is 0. The molecule has 0 amide bonds. The summed E-state index contributed by atoms with van der Waals surface area (Å²) in [4.78, 5) is 0. The number of hydrogen-bond donors (Lipinski definition) is 1. The molecule has 0 saturated carbocycles. The molecule has 2 atom stereocenters. The van der Waals surface area contributed by atoms with E-state index in [4.69, 9.17) is 5.73 Å². The predicted octanol–water partition coefficient (Wildman–Crippen LogP) is 3.91. The molecule has 0 heterocycles. The van der Waals surface area contributed by atoms with E-state index in [-0.39, 0.29) is 5.41 Å². The Balaban J connectivity index is 2.12. The summed E-state index contributed by atoms with van der Waals surface area (Å²) >= 11 is 0. The summed E-state index contributed by atoms with van der Waals surface area (Å²) in [6.07, 6.45) is 15.6. The lowest BCUT2D eigenvalue weighted by molar-refractivity contribution is 0.465. The van der Waals surface area contributed by atoms with Gasteiger partial charge in [-0.3, -0.25) is 0 Å². The zero-order valence-corrected chi connectivity index (χ0v) is 10.4. The second kappa shape index (κ2) is 3.05. The Hall–Kier alpha value is -2.02. The fourth-order valence-corrected chi connectivity index (χ4v) is 3.47. The van der Waals surface area contributed by atoms with Gasteiger partial charge in [0.2, 0.25) is 0 Å². The molecular weight excluding hydrogens is 218 g/mol. The Morgan fingerprint density at radius 2 is 2.00 bits per heavy atom. The predicted molar refractivity (Wildman–Crippen MR) is 77.0 cm³/mol. The van der Waals surface area contributed by atoms with Crippen molar-refractivity contribution in [3.63, 3.8) is 0 Å². The minimum atomic E-state index is 0.0877. The third kappa shape index (κ3) is 1.07. The molecule has 0 radical (unpaired) electrons. The van der Waals surface area contributed by atoms with Gasteiger partial charge in [0.1, 0.15) is 0 Å². The van der Waals surface area contributed by atoms with E-state index in [0.717, 1.165) is 5.69 Å². The Kier molecular flexibility index (Phi) is 1.69. The van der Waals surface area contributed by atoms with Crippen molar-refractivity contribution in [1.29, 1.82) is 0 Å². The molecule has 88 valence electrons. The summed E-state index contributed by atoms with van der Waals surface area (Å²) in [5.41, 5.74) is 12.4. The van der Waals surface area contributed by atoms with Crippen molar-refractivity contribution in [1.82, 2.24) is 0 Å². The molecular formula is C17H15N. The molecule has 1 aromatic rings. The van der Waals surface area contributed by atoms with E-state index in [1.165, 1.54) is 22.3 Å². The van der Waals surface area contributed by atoms with E-state index in [1.54, 1.807) is 0 Å². The number of nitrogens with two attached hydrogens (primary N) is 1. The van der Waals surface area contributed by atoms with Crippen molar-refractivity contribution in [2.75, 3.05) is 5.73 Å². The average molecular weight is 233 g/mol. The Bertz CT molecular complexity index is 673. The van der Waals surface area contributed by atoms with Crippen LogP contribution in [0.4, 0.5) is 5.69 Å². The van der Waals surface area contributed by atoms with Crippen LogP contribution < -0.4 is 5.73 Å². The molecule has 3 aliphatic carbocycles. The highest BCUT2D eigenvalue weighted by Crippen LogP contribution is 2.54. The molecule has 1 heteroatoms. The molecule has 2 N–H and O–H groups in total. The molecule has 18 heavy (non-hydrogen) atoms. The van der Waals surface area contributed by atoms with Crippen LogP contribution in [0.1, 0.15) is 29.5 Å². The van der Waals surface area contributed by atoms with Gasteiger partial charge in [-0.2, -0.15) is 0 Å². The van der Waals surface area contributed by atoms with Crippen molar-refractivity contribution in [2.45, 2.75) is 12.8 Å². The second-order valence-corrected chi connectivity index (χ2v) is 5.56. The van der Waals surface area contributed by atoms with E-state index >= 15 is 0 Å². The first-order chi connectivity index (χ1) is 8.69. The average Bonchev–Trinajstić information content (AvgIpc) is 2.38. The van der Waals surface area contributed by atoms with Crippen molar-refractivity contribution in [3.05, 3.63) is 64.8 Å². The van der Waals surface area contributed by atoms with Crippen LogP contribution in [0.2, 0.25) is 0 Å².